The maximum atomic E-state index is 13.4. The molecule has 3 rings (SSSR count). The SMILES string of the molecule is CCC1CCCN(C(=O)C2(n3cccn3)CCNCC2)CC1.Cl. The maximum absolute atomic E-state index is 13.4. The molecule has 1 N–H and O–H groups in total. The smallest absolute Gasteiger partial charge is 0.250 e. The van der Waals surface area contributed by atoms with Gasteiger partial charge in [-0.15, -0.1) is 12.4 Å². The van der Waals surface area contributed by atoms with E-state index in [1.54, 1.807) is 6.20 Å². The molecule has 5 nitrogen and oxygen atoms in total. The third kappa shape index (κ3) is 3.72. The second-order valence-corrected chi connectivity index (χ2v) is 6.73. The predicted molar refractivity (Wildman–Crippen MR) is 93.8 cm³/mol. The molecule has 1 unspecified atom stereocenters. The van der Waals surface area contributed by atoms with Gasteiger partial charge in [0.1, 0.15) is 5.54 Å². The van der Waals surface area contributed by atoms with Gasteiger partial charge in [-0.25, -0.2) is 0 Å². The number of halogens is 1. The summed E-state index contributed by atoms with van der Waals surface area (Å²) in [7, 11) is 0. The fourth-order valence-electron chi connectivity index (χ4n) is 3.97. The van der Waals surface area contributed by atoms with Crippen molar-refractivity contribution in [3.8, 4) is 0 Å². The summed E-state index contributed by atoms with van der Waals surface area (Å²) in [6.07, 6.45) is 10.2. The normalized spacial score (nSPS) is 24.6. The Labute approximate surface area is 145 Å². The maximum Gasteiger partial charge on any atom is 0.250 e. The average Bonchev–Trinajstić information content (AvgIpc) is 3.01. The summed E-state index contributed by atoms with van der Waals surface area (Å²) in [5.41, 5.74) is -0.471. The molecule has 1 atom stereocenters. The van der Waals surface area contributed by atoms with E-state index in [1.807, 2.05) is 16.9 Å². The molecule has 3 heterocycles. The van der Waals surface area contributed by atoms with Crippen LogP contribution in [0.25, 0.3) is 0 Å². The summed E-state index contributed by atoms with van der Waals surface area (Å²) in [6, 6.07) is 1.92. The van der Waals surface area contributed by atoms with Crippen LogP contribution in [0.1, 0.15) is 45.4 Å². The molecule has 2 aliphatic heterocycles. The van der Waals surface area contributed by atoms with Gasteiger partial charge < -0.3 is 10.2 Å². The van der Waals surface area contributed by atoms with Gasteiger partial charge in [0.25, 0.3) is 5.91 Å². The van der Waals surface area contributed by atoms with E-state index in [4.69, 9.17) is 0 Å². The van der Waals surface area contributed by atoms with Crippen LogP contribution in [0.2, 0.25) is 0 Å². The van der Waals surface area contributed by atoms with Gasteiger partial charge >= 0.3 is 0 Å². The Bertz CT molecular complexity index is 485. The highest BCUT2D eigenvalue weighted by molar-refractivity contribution is 5.85. The van der Waals surface area contributed by atoms with Gasteiger partial charge in [-0.2, -0.15) is 5.10 Å². The molecule has 1 amide bonds. The van der Waals surface area contributed by atoms with Crippen LogP contribution >= 0.6 is 12.4 Å². The zero-order valence-electron chi connectivity index (χ0n) is 14.0. The van der Waals surface area contributed by atoms with Gasteiger partial charge in [0.05, 0.1) is 0 Å². The molecule has 130 valence electrons. The third-order valence-electron chi connectivity index (χ3n) is 5.48. The minimum absolute atomic E-state index is 0. The van der Waals surface area contributed by atoms with Crippen molar-refractivity contribution in [3.63, 3.8) is 0 Å². The van der Waals surface area contributed by atoms with Gasteiger partial charge in [0.15, 0.2) is 0 Å². The monoisotopic (exact) mass is 340 g/mol. The second kappa shape index (κ2) is 8.15. The van der Waals surface area contributed by atoms with E-state index < -0.39 is 5.54 Å². The Hall–Kier alpha value is -1.07. The fourth-order valence-corrected chi connectivity index (χ4v) is 3.97. The molecule has 1 aromatic rings. The minimum Gasteiger partial charge on any atom is -0.341 e. The Morgan fingerprint density at radius 2 is 2.09 bits per heavy atom. The third-order valence-corrected chi connectivity index (χ3v) is 5.48. The first kappa shape index (κ1) is 18.3. The summed E-state index contributed by atoms with van der Waals surface area (Å²) in [6.45, 7) is 5.85. The highest BCUT2D eigenvalue weighted by Crippen LogP contribution is 2.31. The van der Waals surface area contributed by atoms with Crippen molar-refractivity contribution in [1.29, 1.82) is 0 Å². The van der Waals surface area contributed by atoms with Crippen LogP contribution in [-0.2, 0) is 10.3 Å². The molecule has 0 aliphatic carbocycles. The number of hydrogen-bond donors (Lipinski definition) is 1. The zero-order valence-corrected chi connectivity index (χ0v) is 14.9. The van der Waals surface area contributed by atoms with Crippen molar-refractivity contribution in [3.05, 3.63) is 18.5 Å². The molecule has 0 saturated carbocycles. The number of piperidine rings is 1. The van der Waals surface area contributed by atoms with Crippen molar-refractivity contribution in [2.45, 2.75) is 51.0 Å². The molecular formula is C17H29ClN4O. The Morgan fingerprint density at radius 3 is 2.74 bits per heavy atom. The quantitative estimate of drug-likeness (QED) is 0.919. The number of nitrogens with one attached hydrogen (secondary N) is 1. The van der Waals surface area contributed by atoms with Gasteiger partial charge in [-0.1, -0.05) is 13.3 Å². The van der Waals surface area contributed by atoms with Crippen LogP contribution in [0.15, 0.2) is 18.5 Å². The number of hydrogen-bond acceptors (Lipinski definition) is 3. The minimum atomic E-state index is -0.471. The lowest BCUT2D eigenvalue weighted by Gasteiger charge is -2.40. The van der Waals surface area contributed by atoms with Gasteiger partial charge in [-0.3, -0.25) is 9.48 Å². The van der Waals surface area contributed by atoms with Gasteiger partial charge in [0.2, 0.25) is 0 Å². The van der Waals surface area contributed by atoms with E-state index >= 15 is 0 Å². The molecule has 0 spiro atoms. The van der Waals surface area contributed by atoms with Gasteiger partial charge in [0, 0.05) is 25.5 Å². The summed E-state index contributed by atoms with van der Waals surface area (Å²) in [5, 5.41) is 7.80. The molecule has 0 radical (unpaired) electrons. The molecule has 2 saturated heterocycles. The molecule has 6 heteroatoms. The summed E-state index contributed by atoms with van der Waals surface area (Å²) in [5.74, 6) is 1.07. The number of likely N-dealkylation sites (tertiary alicyclic amines) is 1. The lowest BCUT2D eigenvalue weighted by atomic mass is 9.86. The summed E-state index contributed by atoms with van der Waals surface area (Å²) >= 11 is 0. The number of carbonyl (C=O) groups is 1. The largest absolute Gasteiger partial charge is 0.341 e. The first-order valence-electron chi connectivity index (χ1n) is 8.76. The van der Waals surface area contributed by atoms with Crippen LogP contribution in [0.5, 0.6) is 0 Å². The van der Waals surface area contributed by atoms with Gasteiger partial charge in [-0.05, 0) is 57.2 Å². The summed E-state index contributed by atoms with van der Waals surface area (Å²) < 4.78 is 1.92. The molecule has 2 aliphatic rings. The predicted octanol–water partition coefficient (Wildman–Crippen LogP) is 2.42. The molecule has 0 aromatic carbocycles. The first-order valence-corrected chi connectivity index (χ1v) is 8.76. The van der Waals surface area contributed by atoms with E-state index in [0.29, 0.717) is 0 Å². The standard InChI is InChI=1S/C17H28N4O.ClH/c1-2-15-5-3-12-20(14-6-15)16(22)17(7-10-18-11-8-17)21-13-4-9-19-21;/h4,9,13,15,18H,2-3,5-8,10-12,14H2,1H3;1H. The molecule has 0 bridgehead atoms. The van der Waals surface area contributed by atoms with E-state index in [-0.39, 0.29) is 18.3 Å². The topological polar surface area (TPSA) is 50.2 Å². The van der Waals surface area contributed by atoms with Crippen molar-refractivity contribution in [2.24, 2.45) is 5.92 Å². The Morgan fingerprint density at radius 1 is 1.30 bits per heavy atom. The Balaban J connectivity index is 0.00000192. The highest BCUT2D eigenvalue weighted by atomic mass is 35.5. The first-order chi connectivity index (χ1) is 10.8. The second-order valence-electron chi connectivity index (χ2n) is 6.73. The lowest BCUT2D eigenvalue weighted by molar-refractivity contribution is -0.143. The van der Waals surface area contributed by atoms with E-state index in [9.17, 15) is 4.79 Å². The van der Waals surface area contributed by atoms with Crippen molar-refractivity contribution < 1.29 is 4.79 Å². The van der Waals surface area contributed by atoms with Crippen molar-refractivity contribution in [1.82, 2.24) is 20.0 Å². The van der Waals surface area contributed by atoms with Crippen molar-refractivity contribution >= 4 is 18.3 Å². The fraction of sp³-hybridized carbons (Fsp3) is 0.765. The van der Waals surface area contributed by atoms with Crippen LogP contribution in [-0.4, -0.2) is 46.8 Å². The molecular weight excluding hydrogens is 312 g/mol. The summed E-state index contributed by atoms with van der Waals surface area (Å²) in [4.78, 5) is 15.5. The zero-order chi connectivity index (χ0) is 15.4. The number of rotatable bonds is 3. The highest BCUT2D eigenvalue weighted by Gasteiger charge is 2.44. The molecule has 23 heavy (non-hydrogen) atoms. The molecule has 1 aromatic heterocycles. The van der Waals surface area contributed by atoms with Crippen LogP contribution in [0.4, 0.5) is 0 Å². The van der Waals surface area contributed by atoms with E-state index in [0.717, 1.165) is 57.8 Å². The van der Waals surface area contributed by atoms with Crippen LogP contribution in [0.3, 0.4) is 0 Å². The number of aromatic nitrogens is 2. The van der Waals surface area contributed by atoms with Crippen LogP contribution in [0, 0.1) is 5.92 Å². The van der Waals surface area contributed by atoms with E-state index in [2.05, 4.69) is 22.2 Å². The number of nitrogens with zero attached hydrogens (tertiary/aromatic N) is 3. The van der Waals surface area contributed by atoms with Crippen molar-refractivity contribution in [2.75, 3.05) is 26.2 Å². The lowest BCUT2D eigenvalue weighted by Crippen LogP contribution is -2.56. The molecule has 2 fully saturated rings. The number of amides is 1. The average molecular weight is 341 g/mol. The Kier molecular flexibility index (Phi) is 6.48. The number of carbonyl (C=O) groups excluding carboxylic acids is 1. The van der Waals surface area contributed by atoms with Crippen LogP contribution < -0.4 is 5.32 Å². The van der Waals surface area contributed by atoms with E-state index in [1.165, 1.54) is 12.8 Å².